The first kappa shape index (κ1) is 17.1. The lowest BCUT2D eigenvalue weighted by Crippen LogP contribution is -2.02. The predicted octanol–water partition coefficient (Wildman–Crippen LogP) is 3.88. The lowest BCUT2D eigenvalue weighted by molar-refractivity contribution is 0.294. The van der Waals surface area contributed by atoms with Crippen LogP contribution >= 0.6 is 0 Å². The largest absolute Gasteiger partial charge is 0.496 e. The molecule has 0 amide bonds. The summed E-state index contributed by atoms with van der Waals surface area (Å²) < 4.78 is 11.0. The van der Waals surface area contributed by atoms with Gasteiger partial charge in [-0.3, -0.25) is 15.0 Å². The van der Waals surface area contributed by atoms with E-state index < -0.39 is 0 Å². The van der Waals surface area contributed by atoms with Gasteiger partial charge in [-0.05, 0) is 24.3 Å². The van der Waals surface area contributed by atoms with E-state index >= 15 is 0 Å². The SMILES string of the molecule is COc1cncc(C2=COCC(c3nc4c(-c5ccccn5)cncc4[nH]3)=C2)c1. The molecule has 4 aromatic rings. The molecule has 5 heterocycles. The van der Waals surface area contributed by atoms with Crippen LogP contribution in [0, 0.1) is 0 Å². The zero-order valence-corrected chi connectivity index (χ0v) is 15.7. The zero-order valence-electron chi connectivity index (χ0n) is 15.7. The number of imidazole rings is 1. The fraction of sp³-hybridized carbons (Fsp3) is 0.0909. The Morgan fingerprint density at radius 3 is 2.90 bits per heavy atom. The molecule has 0 aromatic carbocycles. The van der Waals surface area contributed by atoms with Gasteiger partial charge in [-0.2, -0.15) is 0 Å². The van der Waals surface area contributed by atoms with E-state index in [1.165, 1.54) is 0 Å². The second kappa shape index (κ2) is 7.20. The number of aromatic nitrogens is 5. The van der Waals surface area contributed by atoms with Gasteiger partial charge in [0.25, 0.3) is 0 Å². The minimum absolute atomic E-state index is 0.424. The van der Waals surface area contributed by atoms with Crippen molar-refractivity contribution < 1.29 is 9.47 Å². The lowest BCUT2D eigenvalue weighted by Gasteiger charge is -2.14. The van der Waals surface area contributed by atoms with Crippen molar-refractivity contribution in [1.29, 1.82) is 0 Å². The molecule has 0 saturated heterocycles. The number of aromatic amines is 1. The first-order chi connectivity index (χ1) is 14.3. The van der Waals surface area contributed by atoms with Crippen molar-refractivity contribution in [2.75, 3.05) is 13.7 Å². The molecule has 0 spiro atoms. The van der Waals surface area contributed by atoms with Gasteiger partial charge in [0.05, 0.1) is 37.0 Å². The molecule has 0 bridgehead atoms. The van der Waals surface area contributed by atoms with Crippen molar-refractivity contribution in [3.63, 3.8) is 0 Å². The monoisotopic (exact) mass is 383 g/mol. The molecule has 0 unspecified atom stereocenters. The summed E-state index contributed by atoms with van der Waals surface area (Å²) >= 11 is 0. The molecular formula is C22H17N5O2. The molecule has 0 saturated carbocycles. The maximum Gasteiger partial charge on any atom is 0.137 e. The van der Waals surface area contributed by atoms with Gasteiger partial charge in [0, 0.05) is 40.9 Å². The van der Waals surface area contributed by atoms with Gasteiger partial charge in [-0.15, -0.1) is 0 Å². The van der Waals surface area contributed by atoms with Crippen molar-refractivity contribution in [3.8, 4) is 17.0 Å². The van der Waals surface area contributed by atoms with Crippen LogP contribution in [0.15, 0.2) is 67.6 Å². The van der Waals surface area contributed by atoms with E-state index in [-0.39, 0.29) is 0 Å². The maximum atomic E-state index is 5.70. The van der Waals surface area contributed by atoms with E-state index in [1.54, 1.807) is 44.4 Å². The molecule has 7 heteroatoms. The molecule has 1 aliphatic heterocycles. The Morgan fingerprint density at radius 1 is 1.10 bits per heavy atom. The van der Waals surface area contributed by atoms with Gasteiger partial charge in [0.15, 0.2) is 0 Å². The van der Waals surface area contributed by atoms with Crippen LogP contribution in [0.4, 0.5) is 0 Å². The van der Waals surface area contributed by atoms with Gasteiger partial charge in [-0.25, -0.2) is 4.98 Å². The van der Waals surface area contributed by atoms with Crippen molar-refractivity contribution in [3.05, 3.63) is 79.0 Å². The van der Waals surface area contributed by atoms with Crippen LogP contribution in [0.1, 0.15) is 11.4 Å². The average Bonchev–Trinajstić information content (AvgIpc) is 3.24. The van der Waals surface area contributed by atoms with Gasteiger partial charge in [0.1, 0.15) is 23.7 Å². The molecule has 0 aliphatic carbocycles. The van der Waals surface area contributed by atoms with Crippen LogP contribution < -0.4 is 4.74 Å². The van der Waals surface area contributed by atoms with E-state index in [2.05, 4.69) is 19.9 Å². The van der Waals surface area contributed by atoms with E-state index in [0.717, 1.165) is 44.8 Å². The number of ether oxygens (including phenoxy) is 2. The number of rotatable bonds is 4. The third-order valence-corrected chi connectivity index (χ3v) is 4.70. The van der Waals surface area contributed by atoms with Crippen LogP contribution in [0.2, 0.25) is 0 Å². The van der Waals surface area contributed by atoms with Crippen LogP contribution in [-0.4, -0.2) is 38.6 Å². The second-order valence-electron chi connectivity index (χ2n) is 6.55. The number of fused-ring (bicyclic) bond motifs is 1. The summed E-state index contributed by atoms with van der Waals surface area (Å²) in [6.45, 7) is 0.424. The normalized spacial score (nSPS) is 13.6. The smallest absolute Gasteiger partial charge is 0.137 e. The van der Waals surface area contributed by atoms with Crippen molar-refractivity contribution in [2.45, 2.75) is 0 Å². The number of nitrogens with zero attached hydrogens (tertiary/aromatic N) is 4. The highest BCUT2D eigenvalue weighted by molar-refractivity contribution is 5.92. The number of methoxy groups -OCH3 is 1. The summed E-state index contributed by atoms with van der Waals surface area (Å²) in [7, 11) is 1.62. The molecule has 5 rings (SSSR count). The number of nitrogens with one attached hydrogen (secondary N) is 1. The molecule has 29 heavy (non-hydrogen) atoms. The highest BCUT2D eigenvalue weighted by atomic mass is 16.5. The summed E-state index contributed by atoms with van der Waals surface area (Å²) in [5.41, 5.74) is 6.15. The molecule has 0 atom stereocenters. The fourth-order valence-corrected chi connectivity index (χ4v) is 3.26. The quantitative estimate of drug-likeness (QED) is 0.576. The Morgan fingerprint density at radius 2 is 2.03 bits per heavy atom. The van der Waals surface area contributed by atoms with Gasteiger partial charge in [0.2, 0.25) is 0 Å². The molecule has 4 aromatic heterocycles. The molecule has 1 N–H and O–H groups in total. The van der Waals surface area contributed by atoms with E-state index in [1.807, 2.05) is 30.3 Å². The Balaban J connectivity index is 1.55. The van der Waals surface area contributed by atoms with Crippen LogP contribution in [0.3, 0.4) is 0 Å². The molecule has 142 valence electrons. The number of hydrogen-bond donors (Lipinski definition) is 1. The highest BCUT2D eigenvalue weighted by Gasteiger charge is 2.16. The van der Waals surface area contributed by atoms with Crippen molar-refractivity contribution >= 4 is 22.2 Å². The summed E-state index contributed by atoms with van der Waals surface area (Å²) in [6.07, 6.45) is 12.5. The Bertz CT molecular complexity index is 1240. The number of hydrogen-bond acceptors (Lipinski definition) is 6. The molecule has 1 aliphatic rings. The Kier molecular flexibility index (Phi) is 4.25. The molecule has 0 fully saturated rings. The van der Waals surface area contributed by atoms with Gasteiger partial charge >= 0.3 is 0 Å². The van der Waals surface area contributed by atoms with Crippen LogP contribution in [0.25, 0.3) is 33.4 Å². The topological polar surface area (TPSA) is 85.8 Å². The third-order valence-electron chi connectivity index (χ3n) is 4.70. The number of allylic oxidation sites excluding steroid dienone is 2. The first-order valence-corrected chi connectivity index (χ1v) is 9.09. The van der Waals surface area contributed by atoms with Crippen LogP contribution in [0.5, 0.6) is 5.75 Å². The minimum Gasteiger partial charge on any atom is -0.496 e. The summed E-state index contributed by atoms with van der Waals surface area (Å²) in [4.78, 5) is 21.2. The Labute approximate surface area is 166 Å². The summed E-state index contributed by atoms with van der Waals surface area (Å²) in [5, 5.41) is 0. The second-order valence-corrected chi connectivity index (χ2v) is 6.55. The average molecular weight is 383 g/mol. The van der Waals surface area contributed by atoms with Gasteiger partial charge in [-0.1, -0.05) is 6.07 Å². The van der Waals surface area contributed by atoms with Crippen molar-refractivity contribution in [2.24, 2.45) is 0 Å². The lowest BCUT2D eigenvalue weighted by atomic mass is 10.0. The van der Waals surface area contributed by atoms with Crippen LogP contribution in [-0.2, 0) is 4.74 Å². The highest BCUT2D eigenvalue weighted by Crippen LogP contribution is 2.30. The summed E-state index contributed by atoms with van der Waals surface area (Å²) in [5.74, 6) is 1.44. The molecule has 0 radical (unpaired) electrons. The first-order valence-electron chi connectivity index (χ1n) is 9.09. The number of pyridine rings is 3. The third kappa shape index (κ3) is 3.23. The standard InChI is InChI=1S/C22H17N5O2/c1-28-17-7-14(8-23-9-17)15-6-16(13-29-12-15)22-26-20-11-24-10-18(21(20)27-22)19-4-2-3-5-25-19/h2-12H,13H2,1H3,(H,26,27). The zero-order chi connectivity index (χ0) is 19.6. The van der Waals surface area contributed by atoms with E-state index in [4.69, 9.17) is 14.5 Å². The molecule has 7 nitrogen and oxygen atoms in total. The Hall–Kier alpha value is -4.00. The van der Waals surface area contributed by atoms with Gasteiger partial charge < -0.3 is 14.5 Å². The van der Waals surface area contributed by atoms with E-state index in [0.29, 0.717) is 12.4 Å². The fourth-order valence-electron chi connectivity index (χ4n) is 3.26. The predicted molar refractivity (Wildman–Crippen MR) is 110 cm³/mol. The minimum atomic E-state index is 0.424. The van der Waals surface area contributed by atoms with E-state index in [9.17, 15) is 0 Å². The maximum absolute atomic E-state index is 5.70. The van der Waals surface area contributed by atoms with Crippen molar-refractivity contribution in [1.82, 2.24) is 24.9 Å². The number of H-pyrrole nitrogens is 1. The summed E-state index contributed by atoms with van der Waals surface area (Å²) in [6, 6.07) is 7.71. The molecular weight excluding hydrogens is 366 g/mol.